The molecule has 1 heterocycles. The van der Waals surface area contributed by atoms with Crippen molar-refractivity contribution < 1.29 is 9.59 Å². The van der Waals surface area contributed by atoms with Crippen molar-refractivity contribution >= 4 is 40.6 Å². The number of benzene rings is 2. The number of amidine groups is 1. The van der Waals surface area contributed by atoms with Gasteiger partial charge in [-0.05, 0) is 42.7 Å². The molecule has 1 saturated carbocycles. The highest BCUT2D eigenvalue weighted by Crippen LogP contribution is 2.41. The molecule has 0 bridgehead atoms. The molecule has 2 amide bonds. The van der Waals surface area contributed by atoms with Crippen LogP contribution < -0.4 is 10.6 Å². The summed E-state index contributed by atoms with van der Waals surface area (Å²) < 4.78 is 0. The van der Waals surface area contributed by atoms with E-state index in [0.29, 0.717) is 22.7 Å². The maximum absolute atomic E-state index is 13.0. The average molecular weight is 482 g/mol. The van der Waals surface area contributed by atoms with E-state index in [1.807, 2.05) is 30.3 Å². The lowest BCUT2D eigenvalue weighted by atomic mass is 9.78. The van der Waals surface area contributed by atoms with Crippen LogP contribution in [-0.4, -0.2) is 61.2 Å². The summed E-state index contributed by atoms with van der Waals surface area (Å²) in [5, 5.41) is 7.95. The molecule has 2 aromatic rings. The van der Waals surface area contributed by atoms with Crippen LogP contribution in [-0.2, 0) is 6.54 Å². The van der Waals surface area contributed by atoms with E-state index < -0.39 is 0 Å². The van der Waals surface area contributed by atoms with Gasteiger partial charge in [-0.25, -0.2) is 0 Å². The largest absolute Gasteiger partial charge is 0.371 e. The number of fused-ring (bicyclic) bond motifs is 1. The van der Waals surface area contributed by atoms with Gasteiger partial charge < -0.3 is 20.4 Å². The molecular weight excluding hydrogens is 450 g/mol. The SMILES string of the molecule is CN(C)C(=O)c1cc2c(cc1C(=O)N(C)C)NC1(CCCCC1)C(=NCc1cccc(Cl)c1)N2. The number of halogens is 1. The van der Waals surface area contributed by atoms with Crippen molar-refractivity contribution in [1.29, 1.82) is 0 Å². The Morgan fingerprint density at radius 2 is 1.56 bits per heavy atom. The van der Waals surface area contributed by atoms with E-state index in [1.165, 1.54) is 16.2 Å². The summed E-state index contributed by atoms with van der Waals surface area (Å²) in [6.45, 7) is 0.502. The summed E-state index contributed by atoms with van der Waals surface area (Å²) in [5.74, 6) is 0.452. The van der Waals surface area contributed by atoms with Crippen LogP contribution in [0.1, 0.15) is 58.4 Å². The predicted molar refractivity (Wildman–Crippen MR) is 138 cm³/mol. The standard InChI is InChI=1S/C26H32ClN5O2/c1-31(2)23(33)19-14-21-22(15-20(19)24(34)32(3)4)30-26(11-6-5-7-12-26)25(29-21)28-16-17-9-8-10-18(27)13-17/h8-10,13-15,30H,5-7,11-12,16H2,1-4H3,(H,28,29). The molecule has 34 heavy (non-hydrogen) atoms. The van der Waals surface area contributed by atoms with Gasteiger partial charge in [0.15, 0.2) is 0 Å². The van der Waals surface area contributed by atoms with Gasteiger partial charge >= 0.3 is 0 Å². The monoisotopic (exact) mass is 481 g/mol. The number of hydrogen-bond acceptors (Lipinski definition) is 4. The number of amides is 2. The topological polar surface area (TPSA) is 77.0 Å². The summed E-state index contributed by atoms with van der Waals surface area (Å²) in [7, 11) is 6.76. The summed E-state index contributed by atoms with van der Waals surface area (Å²) >= 11 is 6.17. The fourth-order valence-electron chi connectivity index (χ4n) is 4.72. The number of hydrogen-bond donors (Lipinski definition) is 2. The summed E-state index contributed by atoms with van der Waals surface area (Å²) in [4.78, 5) is 33.9. The van der Waals surface area contributed by atoms with Crippen LogP contribution in [0, 0.1) is 0 Å². The molecule has 0 unspecified atom stereocenters. The minimum Gasteiger partial charge on any atom is -0.371 e. The van der Waals surface area contributed by atoms with Crippen molar-refractivity contribution in [2.75, 3.05) is 38.8 Å². The van der Waals surface area contributed by atoms with Crippen LogP contribution in [0.4, 0.5) is 11.4 Å². The van der Waals surface area contributed by atoms with Gasteiger partial charge in [-0.1, -0.05) is 43.0 Å². The van der Waals surface area contributed by atoms with Crippen LogP contribution in [0.25, 0.3) is 0 Å². The Balaban J connectivity index is 1.78. The molecule has 2 N–H and O–H groups in total. The minimum absolute atomic E-state index is 0.201. The van der Waals surface area contributed by atoms with E-state index in [4.69, 9.17) is 16.6 Å². The third kappa shape index (κ3) is 4.75. The highest BCUT2D eigenvalue weighted by Gasteiger charge is 2.41. The van der Waals surface area contributed by atoms with E-state index in [2.05, 4.69) is 10.6 Å². The van der Waals surface area contributed by atoms with E-state index >= 15 is 0 Å². The molecule has 4 rings (SSSR count). The third-order valence-corrected chi connectivity index (χ3v) is 6.76. The van der Waals surface area contributed by atoms with E-state index in [9.17, 15) is 9.59 Å². The quantitative estimate of drug-likeness (QED) is 0.652. The average Bonchev–Trinajstić information content (AvgIpc) is 2.81. The van der Waals surface area contributed by atoms with Gasteiger partial charge in [-0.15, -0.1) is 0 Å². The first kappa shape index (κ1) is 24.1. The van der Waals surface area contributed by atoms with Crippen molar-refractivity contribution in [2.24, 2.45) is 4.99 Å². The second kappa shape index (κ2) is 9.66. The smallest absolute Gasteiger partial charge is 0.254 e. The molecule has 8 heteroatoms. The Morgan fingerprint density at radius 1 is 0.941 bits per heavy atom. The maximum Gasteiger partial charge on any atom is 0.254 e. The van der Waals surface area contributed by atoms with Gasteiger partial charge in [0.2, 0.25) is 0 Å². The lowest BCUT2D eigenvalue weighted by Gasteiger charge is -2.44. The van der Waals surface area contributed by atoms with Crippen LogP contribution in [0.2, 0.25) is 5.02 Å². The van der Waals surface area contributed by atoms with Crippen LogP contribution in [0.5, 0.6) is 0 Å². The first-order valence-corrected chi connectivity index (χ1v) is 12.0. The number of rotatable bonds is 4. The predicted octanol–water partition coefficient (Wildman–Crippen LogP) is 4.88. The van der Waals surface area contributed by atoms with Crippen molar-refractivity contribution in [3.05, 3.63) is 58.1 Å². The second-order valence-electron chi connectivity index (χ2n) is 9.53. The highest BCUT2D eigenvalue weighted by molar-refractivity contribution is 6.30. The van der Waals surface area contributed by atoms with E-state index in [-0.39, 0.29) is 17.4 Å². The Bertz CT molecular complexity index is 1140. The highest BCUT2D eigenvalue weighted by atomic mass is 35.5. The van der Waals surface area contributed by atoms with Crippen LogP contribution in [0.15, 0.2) is 41.4 Å². The molecule has 1 aliphatic heterocycles. The molecule has 2 aliphatic rings. The van der Waals surface area contributed by atoms with Crippen molar-refractivity contribution in [1.82, 2.24) is 9.80 Å². The number of carbonyl (C=O) groups is 2. The van der Waals surface area contributed by atoms with Crippen LogP contribution in [0.3, 0.4) is 0 Å². The first-order chi connectivity index (χ1) is 16.2. The summed E-state index contributed by atoms with van der Waals surface area (Å²) in [6, 6.07) is 11.3. The van der Waals surface area contributed by atoms with Crippen molar-refractivity contribution in [3.63, 3.8) is 0 Å². The molecule has 180 valence electrons. The number of nitrogens with zero attached hydrogens (tertiary/aromatic N) is 3. The molecule has 0 atom stereocenters. The molecular formula is C26H32ClN5O2. The van der Waals surface area contributed by atoms with Crippen molar-refractivity contribution in [3.8, 4) is 0 Å². The fraction of sp³-hybridized carbons (Fsp3) is 0.423. The Morgan fingerprint density at radius 3 is 2.15 bits per heavy atom. The summed E-state index contributed by atoms with van der Waals surface area (Å²) in [5.41, 5.74) is 3.04. The fourth-order valence-corrected chi connectivity index (χ4v) is 4.93. The lowest BCUT2D eigenvalue weighted by molar-refractivity contribution is 0.0790. The Labute approximate surface area is 206 Å². The second-order valence-corrected chi connectivity index (χ2v) is 9.97. The van der Waals surface area contributed by atoms with Gasteiger partial charge in [0.05, 0.1) is 34.6 Å². The number of anilines is 2. The zero-order valence-corrected chi connectivity index (χ0v) is 21.0. The first-order valence-electron chi connectivity index (χ1n) is 11.7. The molecule has 2 aromatic carbocycles. The molecule has 0 radical (unpaired) electrons. The zero-order valence-electron chi connectivity index (χ0n) is 20.2. The zero-order chi connectivity index (χ0) is 24.5. The molecule has 0 aromatic heterocycles. The summed E-state index contributed by atoms with van der Waals surface area (Å²) in [6.07, 6.45) is 5.28. The lowest BCUT2D eigenvalue weighted by Crippen LogP contribution is -2.54. The molecule has 1 spiro atoms. The Hall–Kier alpha value is -3.06. The number of nitrogens with one attached hydrogen (secondary N) is 2. The Kier molecular flexibility index (Phi) is 6.84. The third-order valence-electron chi connectivity index (χ3n) is 6.53. The van der Waals surface area contributed by atoms with Gasteiger partial charge in [-0.2, -0.15) is 0 Å². The van der Waals surface area contributed by atoms with Gasteiger partial charge in [0, 0.05) is 33.2 Å². The molecule has 7 nitrogen and oxygen atoms in total. The maximum atomic E-state index is 13.0. The molecule has 1 aliphatic carbocycles. The normalized spacial score (nSPS) is 17.5. The van der Waals surface area contributed by atoms with Gasteiger partial charge in [0.25, 0.3) is 11.8 Å². The molecule has 0 saturated heterocycles. The minimum atomic E-state index is -0.324. The van der Waals surface area contributed by atoms with Crippen molar-refractivity contribution in [2.45, 2.75) is 44.2 Å². The van der Waals surface area contributed by atoms with E-state index in [0.717, 1.165) is 48.5 Å². The van der Waals surface area contributed by atoms with E-state index in [1.54, 1.807) is 34.3 Å². The van der Waals surface area contributed by atoms with Gasteiger partial charge in [-0.3, -0.25) is 14.6 Å². The number of carbonyl (C=O) groups excluding carboxylic acids is 2. The van der Waals surface area contributed by atoms with Gasteiger partial charge in [0.1, 0.15) is 5.84 Å². The van der Waals surface area contributed by atoms with Crippen LogP contribution >= 0.6 is 11.6 Å². The number of aliphatic imine (C=N–C) groups is 1. The molecule has 1 fully saturated rings.